The fraction of sp³-hybridized carbons (Fsp3) is 0.375. The number of nitrogens with zero attached hydrogens (tertiary/aromatic N) is 1. The Morgan fingerprint density at radius 2 is 1.00 bits per heavy atom. The standard InChI is InChI=1S/C40H49NO5SSi/c1-40(2,3)48(4,5)46-41-39-38(45-29-34-24-16-9-17-25-34)37(44-28-33-22-14-8-15-23-33)36(43-27-32-20-12-7-13-21-32)35(47-39)30-42-26-31-18-10-6-11-19-31/h6-25,35-38H,26-30H2,1-5H3/b41-39-/t35-,36+,37-,38-/m0/s1. The number of hydrogen-bond acceptors (Lipinski definition) is 7. The normalized spacial score (nSPS) is 20.9. The van der Waals surface area contributed by atoms with E-state index < -0.39 is 20.5 Å². The lowest BCUT2D eigenvalue weighted by Crippen LogP contribution is -2.56. The predicted molar refractivity (Wildman–Crippen MR) is 198 cm³/mol. The second-order valence-electron chi connectivity index (χ2n) is 13.7. The fourth-order valence-corrected chi connectivity index (χ4v) is 6.95. The van der Waals surface area contributed by atoms with Crippen LogP contribution in [-0.2, 0) is 49.9 Å². The van der Waals surface area contributed by atoms with E-state index in [0.29, 0.717) is 33.0 Å². The van der Waals surface area contributed by atoms with E-state index in [1.807, 2.05) is 72.8 Å². The quantitative estimate of drug-likeness (QED) is 0.0920. The molecule has 48 heavy (non-hydrogen) atoms. The Balaban J connectivity index is 1.49. The molecule has 6 nitrogen and oxygen atoms in total. The third-order valence-electron chi connectivity index (χ3n) is 8.91. The molecule has 1 aliphatic rings. The van der Waals surface area contributed by atoms with Gasteiger partial charge in [0.1, 0.15) is 23.4 Å². The molecule has 0 unspecified atom stereocenters. The van der Waals surface area contributed by atoms with Gasteiger partial charge in [-0.3, -0.25) is 0 Å². The average Bonchev–Trinajstić information content (AvgIpc) is 3.10. The lowest BCUT2D eigenvalue weighted by atomic mass is 10.0. The summed E-state index contributed by atoms with van der Waals surface area (Å²) in [6, 6.07) is 40.9. The van der Waals surface area contributed by atoms with Crippen molar-refractivity contribution in [2.45, 2.75) is 88.9 Å². The summed E-state index contributed by atoms with van der Waals surface area (Å²) < 4.78 is 33.3. The lowest BCUT2D eigenvalue weighted by molar-refractivity contribution is -0.139. The van der Waals surface area contributed by atoms with Gasteiger partial charge in [0.2, 0.25) is 0 Å². The second-order valence-corrected chi connectivity index (χ2v) is 19.6. The first-order chi connectivity index (χ1) is 23.2. The predicted octanol–water partition coefficient (Wildman–Crippen LogP) is 9.41. The minimum absolute atomic E-state index is 0.0144. The van der Waals surface area contributed by atoms with Gasteiger partial charge in [-0.2, -0.15) is 0 Å². The molecule has 4 aromatic carbocycles. The van der Waals surface area contributed by atoms with Gasteiger partial charge in [0.05, 0.1) is 38.3 Å². The third-order valence-corrected chi connectivity index (χ3v) is 14.3. The van der Waals surface area contributed by atoms with Crippen LogP contribution in [0.25, 0.3) is 0 Å². The molecule has 1 saturated heterocycles. The van der Waals surface area contributed by atoms with Crippen LogP contribution in [0, 0.1) is 0 Å². The molecule has 5 rings (SSSR count). The zero-order valence-electron chi connectivity index (χ0n) is 28.8. The topological polar surface area (TPSA) is 58.5 Å². The van der Waals surface area contributed by atoms with Crippen molar-refractivity contribution < 1.29 is 23.5 Å². The summed E-state index contributed by atoms with van der Waals surface area (Å²) in [5.74, 6) is 0. The molecule has 4 aromatic rings. The molecule has 4 atom stereocenters. The van der Waals surface area contributed by atoms with E-state index in [2.05, 4.69) is 82.4 Å². The Hall–Kier alpha value is -3.24. The molecule has 1 aliphatic heterocycles. The largest absolute Gasteiger partial charge is 0.454 e. The molecule has 0 aliphatic carbocycles. The van der Waals surface area contributed by atoms with Crippen molar-refractivity contribution in [3.63, 3.8) is 0 Å². The summed E-state index contributed by atoms with van der Waals surface area (Å²) >= 11 is 1.62. The van der Waals surface area contributed by atoms with Gasteiger partial charge in [-0.25, -0.2) is 0 Å². The molecule has 8 heteroatoms. The first-order valence-corrected chi connectivity index (χ1v) is 20.5. The van der Waals surface area contributed by atoms with E-state index in [-0.39, 0.29) is 16.4 Å². The van der Waals surface area contributed by atoms with Gasteiger partial charge in [0.25, 0.3) is 8.32 Å². The number of rotatable bonds is 15. The van der Waals surface area contributed by atoms with Crippen molar-refractivity contribution in [3.8, 4) is 0 Å². The molecule has 0 saturated carbocycles. The summed E-state index contributed by atoms with van der Waals surface area (Å²) in [5.41, 5.74) is 4.36. The molecule has 0 amide bonds. The highest BCUT2D eigenvalue weighted by molar-refractivity contribution is 8.14. The molecule has 0 aromatic heterocycles. The van der Waals surface area contributed by atoms with Crippen LogP contribution in [0.5, 0.6) is 0 Å². The van der Waals surface area contributed by atoms with Crippen LogP contribution in [0.1, 0.15) is 43.0 Å². The Bertz CT molecular complexity index is 1530. The van der Waals surface area contributed by atoms with E-state index in [0.717, 1.165) is 27.3 Å². The number of oxime groups is 1. The van der Waals surface area contributed by atoms with E-state index in [1.54, 1.807) is 11.8 Å². The van der Waals surface area contributed by atoms with Crippen molar-refractivity contribution in [2.75, 3.05) is 6.61 Å². The van der Waals surface area contributed by atoms with Crippen molar-refractivity contribution >= 4 is 25.1 Å². The van der Waals surface area contributed by atoms with Gasteiger partial charge >= 0.3 is 0 Å². The minimum atomic E-state index is -2.23. The monoisotopic (exact) mass is 683 g/mol. The first kappa shape index (κ1) is 36.0. The van der Waals surface area contributed by atoms with Crippen LogP contribution in [0.15, 0.2) is 126 Å². The molecule has 0 spiro atoms. The highest BCUT2D eigenvalue weighted by atomic mass is 32.2. The maximum absolute atomic E-state index is 6.85. The zero-order valence-corrected chi connectivity index (χ0v) is 30.6. The number of thioether (sulfide) groups is 1. The molecule has 0 bridgehead atoms. The summed E-state index contributed by atoms with van der Waals surface area (Å²) in [7, 11) is -2.23. The van der Waals surface area contributed by atoms with Gasteiger partial charge in [-0.15, -0.1) is 0 Å². The molecular weight excluding hydrogens is 635 g/mol. The number of hydrogen-bond donors (Lipinski definition) is 0. The van der Waals surface area contributed by atoms with Crippen LogP contribution in [-0.4, -0.2) is 43.5 Å². The Labute approximate surface area is 291 Å². The highest BCUT2D eigenvalue weighted by Crippen LogP contribution is 2.39. The van der Waals surface area contributed by atoms with E-state index >= 15 is 0 Å². The van der Waals surface area contributed by atoms with Gasteiger partial charge in [-0.05, 0) is 40.4 Å². The van der Waals surface area contributed by atoms with Crippen molar-refractivity contribution in [1.82, 2.24) is 0 Å². The van der Waals surface area contributed by atoms with Crippen molar-refractivity contribution in [2.24, 2.45) is 5.16 Å². The lowest BCUT2D eigenvalue weighted by Gasteiger charge is -2.42. The SMILES string of the molecule is CC(C)(C)[Si](C)(C)O/N=C1\S[C@@H](COCc2ccccc2)[C@@H](OCc2ccccc2)[C@H](OCc2ccccc2)[C@@H]1OCc1ccccc1. The second kappa shape index (κ2) is 17.4. The zero-order chi connectivity index (χ0) is 33.8. The molecule has 1 fully saturated rings. The van der Waals surface area contributed by atoms with Gasteiger partial charge in [-0.1, -0.05) is 159 Å². The van der Waals surface area contributed by atoms with Crippen molar-refractivity contribution in [3.05, 3.63) is 144 Å². The van der Waals surface area contributed by atoms with E-state index in [1.165, 1.54) is 0 Å². The molecule has 0 radical (unpaired) electrons. The number of ether oxygens (including phenoxy) is 4. The molecule has 254 valence electrons. The molecular formula is C40H49NO5SSi. The summed E-state index contributed by atoms with van der Waals surface area (Å²) in [5, 5.41) is 5.52. The van der Waals surface area contributed by atoms with Gasteiger partial charge in [0, 0.05) is 0 Å². The van der Waals surface area contributed by atoms with Crippen LogP contribution in [0.4, 0.5) is 0 Å². The van der Waals surface area contributed by atoms with Crippen LogP contribution < -0.4 is 0 Å². The summed E-state index contributed by atoms with van der Waals surface area (Å²) in [6.45, 7) is 13.2. The van der Waals surface area contributed by atoms with Crippen molar-refractivity contribution in [1.29, 1.82) is 0 Å². The summed E-state index contributed by atoms with van der Waals surface area (Å²) in [4.78, 5) is 0. The first-order valence-electron chi connectivity index (χ1n) is 16.7. The Morgan fingerprint density at radius 1 is 0.583 bits per heavy atom. The Kier molecular flexibility index (Phi) is 13.1. The van der Waals surface area contributed by atoms with Crippen LogP contribution in [0.3, 0.4) is 0 Å². The average molecular weight is 684 g/mol. The van der Waals surface area contributed by atoms with E-state index in [4.69, 9.17) is 28.6 Å². The smallest absolute Gasteiger partial charge is 0.286 e. The third kappa shape index (κ3) is 10.4. The van der Waals surface area contributed by atoms with Crippen LogP contribution in [0.2, 0.25) is 18.1 Å². The Morgan fingerprint density at radius 3 is 1.46 bits per heavy atom. The maximum Gasteiger partial charge on any atom is 0.286 e. The van der Waals surface area contributed by atoms with Gasteiger partial charge < -0.3 is 23.5 Å². The van der Waals surface area contributed by atoms with Gasteiger partial charge in [0.15, 0.2) is 0 Å². The minimum Gasteiger partial charge on any atom is -0.454 e. The highest BCUT2D eigenvalue weighted by Gasteiger charge is 2.48. The molecule has 1 heterocycles. The maximum atomic E-state index is 6.85. The summed E-state index contributed by atoms with van der Waals surface area (Å²) in [6.07, 6.45) is -1.36. The fourth-order valence-electron chi connectivity index (χ4n) is 5.02. The van der Waals surface area contributed by atoms with E-state index in [9.17, 15) is 0 Å². The molecule has 0 N–H and O–H groups in total. The van der Waals surface area contributed by atoms with Crippen LogP contribution >= 0.6 is 11.8 Å². The number of benzene rings is 4.